The third-order valence-corrected chi connectivity index (χ3v) is 5.24. The molecule has 2 heterocycles. The molecule has 2 rings (SSSR count). The molecule has 114 valence electrons. The molecule has 1 aromatic rings. The zero-order chi connectivity index (χ0) is 13.5. The van der Waals surface area contributed by atoms with Crippen LogP contribution in [0.3, 0.4) is 0 Å². The zero-order valence-electron chi connectivity index (χ0n) is 11.5. The van der Waals surface area contributed by atoms with E-state index in [-0.39, 0.29) is 23.6 Å². The average molecular weight is 337 g/mol. The lowest BCUT2D eigenvalue weighted by Crippen LogP contribution is -2.35. The Balaban J connectivity index is 0.00000200. The minimum atomic E-state index is -0.0195. The maximum absolute atomic E-state index is 12.2. The van der Waals surface area contributed by atoms with E-state index in [1.807, 2.05) is 0 Å². The summed E-state index contributed by atoms with van der Waals surface area (Å²) in [6, 6.07) is 2.09. The predicted octanol–water partition coefficient (Wildman–Crippen LogP) is 1.85. The maximum atomic E-state index is 12.2. The van der Waals surface area contributed by atoms with Gasteiger partial charge in [-0.15, -0.1) is 35.5 Å². The topological polar surface area (TPSA) is 50.4 Å². The van der Waals surface area contributed by atoms with E-state index in [0.717, 1.165) is 25.3 Å². The Morgan fingerprint density at radius 2 is 2.30 bits per heavy atom. The number of thiophene rings is 1. The lowest BCUT2D eigenvalue weighted by Gasteiger charge is -2.21. The number of thioether (sulfide) groups is 1. The summed E-state index contributed by atoms with van der Waals surface area (Å²) in [5.41, 5.74) is 1.21. The van der Waals surface area contributed by atoms with Gasteiger partial charge < -0.3 is 15.4 Å². The third-order valence-electron chi connectivity index (χ3n) is 3.00. The summed E-state index contributed by atoms with van der Waals surface area (Å²) in [7, 11) is 1.68. The second-order valence-electron chi connectivity index (χ2n) is 4.33. The van der Waals surface area contributed by atoms with Crippen LogP contribution in [-0.4, -0.2) is 45.0 Å². The molecule has 1 unspecified atom stereocenters. The lowest BCUT2D eigenvalue weighted by molar-refractivity contribution is -0.120. The minimum Gasteiger partial charge on any atom is -0.383 e. The second kappa shape index (κ2) is 9.63. The summed E-state index contributed by atoms with van der Waals surface area (Å²) in [6.07, 6.45) is 1.10. The van der Waals surface area contributed by atoms with Gasteiger partial charge in [0.05, 0.1) is 6.61 Å². The number of hydrogen-bond donors (Lipinski definition) is 2. The van der Waals surface area contributed by atoms with E-state index < -0.39 is 0 Å². The quantitative estimate of drug-likeness (QED) is 0.746. The number of carbonyl (C=O) groups is 1. The molecule has 0 bridgehead atoms. The smallest absolute Gasteiger partial charge is 0.237 e. The van der Waals surface area contributed by atoms with Gasteiger partial charge in [-0.3, -0.25) is 4.79 Å². The molecule has 0 fully saturated rings. The number of nitrogens with one attached hydrogen (secondary N) is 2. The Morgan fingerprint density at radius 3 is 3.10 bits per heavy atom. The number of fused-ring (bicyclic) bond motifs is 1. The van der Waals surface area contributed by atoms with Crippen molar-refractivity contribution in [2.24, 2.45) is 0 Å². The molecule has 20 heavy (non-hydrogen) atoms. The van der Waals surface area contributed by atoms with Crippen molar-refractivity contribution in [2.45, 2.75) is 11.7 Å². The Morgan fingerprint density at radius 1 is 1.45 bits per heavy atom. The van der Waals surface area contributed by atoms with Crippen LogP contribution >= 0.6 is 35.5 Å². The molecular formula is C13H21ClN2O2S2. The molecule has 4 nitrogen and oxygen atoms in total. The Labute approximate surface area is 134 Å². The fraction of sp³-hybridized carbons (Fsp3) is 0.615. The molecule has 7 heteroatoms. The van der Waals surface area contributed by atoms with Gasteiger partial charge in [0.15, 0.2) is 0 Å². The standard InChI is InChI=1S/C13H20N2O2S2.ClH/c1-17-7-6-14-4-5-15-13(16)12-10-2-8-18-11(10)3-9-19-12;/h2,8,12,14H,3-7,9H2,1H3,(H,15,16);1H. The summed E-state index contributed by atoms with van der Waals surface area (Å²) in [5, 5.41) is 8.28. The molecular weight excluding hydrogens is 316 g/mol. The van der Waals surface area contributed by atoms with Crippen LogP contribution in [0, 0.1) is 0 Å². The van der Waals surface area contributed by atoms with Gasteiger partial charge in [-0.05, 0) is 29.2 Å². The Bertz CT molecular complexity index is 415. The Hall–Kier alpha value is -0.270. The molecule has 0 spiro atoms. The Kier molecular flexibility index (Phi) is 8.56. The number of aryl methyl sites for hydroxylation is 1. The van der Waals surface area contributed by atoms with E-state index in [0.29, 0.717) is 13.2 Å². The molecule has 0 saturated heterocycles. The van der Waals surface area contributed by atoms with Crippen molar-refractivity contribution in [1.29, 1.82) is 0 Å². The normalized spacial score (nSPS) is 17.1. The van der Waals surface area contributed by atoms with E-state index in [1.165, 1.54) is 10.4 Å². The summed E-state index contributed by atoms with van der Waals surface area (Å²) in [6.45, 7) is 2.96. The van der Waals surface area contributed by atoms with Crippen LogP contribution in [0.1, 0.15) is 15.7 Å². The average Bonchev–Trinajstić information content (AvgIpc) is 2.90. The highest BCUT2D eigenvalue weighted by Crippen LogP contribution is 2.39. The highest BCUT2D eigenvalue weighted by molar-refractivity contribution is 8.00. The van der Waals surface area contributed by atoms with Crippen molar-refractivity contribution in [3.05, 3.63) is 21.9 Å². The summed E-state index contributed by atoms with van der Waals surface area (Å²) >= 11 is 3.51. The molecule has 1 aliphatic heterocycles. The monoisotopic (exact) mass is 336 g/mol. The van der Waals surface area contributed by atoms with Crippen molar-refractivity contribution < 1.29 is 9.53 Å². The van der Waals surface area contributed by atoms with Gasteiger partial charge in [0.25, 0.3) is 0 Å². The molecule has 1 aromatic heterocycles. The number of methoxy groups -OCH3 is 1. The molecule has 1 aliphatic rings. The van der Waals surface area contributed by atoms with Crippen molar-refractivity contribution in [3.63, 3.8) is 0 Å². The van der Waals surface area contributed by atoms with E-state index >= 15 is 0 Å². The number of hydrogen-bond acceptors (Lipinski definition) is 5. The number of amides is 1. The fourth-order valence-electron chi connectivity index (χ4n) is 2.03. The largest absolute Gasteiger partial charge is 0.383 e. The van der Waals surface area contributed by atoms with Gasteiger partial charge in [-0.2, -0.15) is 0 Å². The van der Waals surface area contributed by atoms with Gasteiger partial charge in [-0.1, -0.05) is 0 Å². The highest BCUT2D eigenvalue weighted by Gasteiger charge is 2.27. The van der Waals surface area contributed by atoms with Crippen molar-refractivity contribution in [1.82, 2.24) is 10.6 Å². The maximum Gasteiger partial charge on any atom is 0.237 e. The van der Waals surface area contributed by atoms with Crippen LogP contribution in [0.4, 0.5) is 0 Å². The molecule has 0 aromatic carbocycles. The first-order chi connectivity index (χ1) is 9.33. The predicted molar refractivity (Wildman–Crippen MR) is 88.2 cm³/mol. The first-order valence-electron chi connectivity index (χ1n) is 6.48. The minimum absolute atomic E-state index is 0. The van der Waals surface area contributed by atoms with Crippen LogP contribution < -0.4 is 10.6 Å². The molecule has 0 aliphatic carbocycles. The van der Waals surface area contributed by atoms with Crippen LogP contribution in [-0.2, 0) is 16.0 Å². The van der Waals surface area contributed by atoms with Crippen molar-refractivity contribution >= 4 is 41.4 Å². The van der Waals surface area contributed by atoms with Gasteiger partial charge in [0.2, 0.25) is 5.91 Å². The second-order valence-corrected chi connectivity index (χ2v) is 6.55. The molecule has 1 atom stereocenters. The molecule has 0 saturated carbocycles. The van der Waals surface area contributed by atoms with Crippen molar-refractivity contribution in [3.8, 4) is 0 Å². The van der Waals surface area contributed by atoms with Gasteiger partial charge in [0.1, 0.15) is 5.25 Å². The summed E-state index contributed by atoms with van der Waals surface area (Å²) in [5.74, 6) is 1.18. The first-order valence-corrected chi connectivity index (χ1v) is 8.41. The molecule has 1 amide bonds. The van der Waals surface area contributed by atoms with Crippen LogP contribution in [0.25, 0.3) is 0 Å². The van der Waals surface area contributed by atoms with Gasteiger partial charge >= 0.3 is 0 Å². The SMILES string of the molecule is COCCNCCNC(=O)C1SCCc2sccc21.Cl. The van der Waals surface area contributed by atoms with Crippen LogP contribution in [0.2, 0.25) is 0 Å². The van der Waals surface area contributed by atoms with Gasteiger partial charge in [0, 0.05) is 31.6 Å². The third kappa shape index (κ3) is 4.93. The molecule has 2 N–H and O–H groups in total. The lowest BCUT2D eigenvalue weighted by atomic mass is 10.1. The van der Waals surface area contributed by atoms with Crippen molar-refractivity contribution in [2.75, 3.05) is 39.1 Å². The summed E-state index contributed by atoms with van der Waals surface area (Å²) in [4.78, 5) is 13.5. The number of carbonyl (C=O) groups excluding carboxylic acids is 1. The summed E-state index contributed by atoms with van der Waals surface area (Å²) < 4.78 is 4.94. The van der Waals surface area contributed by atoms with E-state index in [9.17, 15) is 4.79 Å². The fourth-order valence-corrected chi connectivity index (χ4v) is 4.35. The van der Waals surface area contributed by atoms with Gasteiger partial charge in [-0.25, -0.2) is 0 Å². The first kappa shape index (κ1) is 17.8. The van der Waals surface area contributed by atoms with Crippen LogP contribution in [0.15, 0.2) is 11.4 Å². The number of halogens is 1. The van der Waals surface area contributed by atoms with E-state index in [1.54, 1.807) is 30.2 Å². The molecule has 0 radical (unpaired) electrons. The van der Waals surface area contributed by atoms with E-state index in [4.69, 9.17) is 4.74 Å². The highest BCUT2D eigenvalue weighted by atomic mass is 35.5. The van der Waals surface area contributed by atoms with Crippen LogP contribution in [0.5, 0.6) is 0 Å². The number of ether oxygens (including phenoxy) is 1. The zero-order valence-corrected chi connectivity index (χ0v) is 14.0. The number of rotatable bonds is 7. The van der Waals surface area contributed by atoms with E-state index in [2.05, 4.69) is 22.1 Å².